The summed E-state index contributed by atoms with van der Waals surface area (Å²) in [5.74, 6) is -1.13. The predicted molar refractivity (Wildman–Crippen MR) is 75.8 cm³/mol. The SMILES string of the molecule is Cn1cccc1C(=O)N(CCC(=O)O)c1ccccc1. The Bertz CT molecular complexity index is 605. The van der Waals surface area contributed by atoms with Crippen molar-refractivity contribution in [1.29, 1.82) is 0 Å². The molecule has 0 saturated carbocycles. The molecule has 0 aliphatic rings. The van der Waals surface area contributed by atoms with E-state index in [1.165, 1.54) is 4.90 Å². The van der Waals surface area contributed by atoms with Gasteiger partial charge >= 0.3 is 5.97 Å². The standard InChI is InChI=1S/C15H16N2O3/c1-16-10-5-8-13(16)15(20)17(11-9-14(18)19)12-6-3-2-4-7-12/h2-8,10H,9,11H2,1H3,(H,18,19). The van der Waals surface area contributed by atoms with Gasteiger partial charge in [-0.15, -0.1) is 0 Å². The van der Waals surface area contributed by atoms with E-state index in [4.69, 9.17) is 5.11 Å². The summed E-state index contributed by atoms with van der Waals surface area (Å²) in [6, 6.07) is 12.6. The van der Waals surface area contributed by atoms with Gasteiger partial charge in [-0.2, -0.15) is 0 Å². The molecule has 1 aromatic carbocycles. The Morgan fingerprint density at radius 2 is 1.85 bits per heavy atom. The van der Waals surface area contributed by atoms with Gasteiger partial charge in [-0.1, -0.05) is 18.2 Å². The lowest BCUT2D eigenvalue weighted by atomic mass is 10.2. The molecule has 5 heteroatoms. The molecule has 2 aromatic rings. The largest absolute Gasteiger partial charge is 0.481 e. The monoisotopic (exact) mass is 272 g/mol. The van der Waals surface area contributed by atoms with Crippen LogP contribution >= 0.6 is 0 Å². The molecule has 0 bridgehead atoms. The zero-order valence-electron chi connectivity index (χ0n) is 11.2. The van der Waals surface area contributed by atoms with Gasteiger partial charge in [-0.25, -0.2) is 0 Å². The number of amides is 1. The fourth-order valence-electron chi connectivity index (χ4n) is 1.98. The number of anilines is 1. The van der Waals surface area contributed by atoms with Crippen LogP contribution in [0, 0.1) is 0 Å². The summed E-state index contributed by atoms with van der Waals surface area (Å²) in [6.07, 6.45) is 1.69. The Kier molecular flexibility index (Phi) is 4.20. The van der Waals surface area contributed by atoms with Crippen LogP contribution in [0.3, 0.4) is 0 Å². The van der Waals surface area contributed by atoms with E-state index >= 15 is 0 Å². The minimum Gasteiger partial charge on any atom is -0.481 e. The van der Waals surface area contributed by atoms with Crippen LogP contribution in [0.4, 0.5) is 5.69 Å². The summed E-state index contributed by atoms with van der Waals surface area (Å²) in [6.45, 7) is 0.142. The van der Waals surface area contributed by atoms with Crippen LogP contribution in [0.15, 0.2) is 48.7 Å². The number of para-hydroxylation sites is 1. The zero-order valence-corrected chi connectivity index (χ0v) is 11.2. The Hall–Kier alpha value is -2.56. The van der Waals surface area contributed by atoms with Crippen LogP contribution in [0.5, 0.6) is 0 Å². The number of carboxylic acids is 1. The third kappa shape index (κ3) is 3.06. The van der Waals surface area contributed by atoms with Gasteiger partial charge in [0.15, 0.2) is 0 Å². The van der Waals surface area contributed by atoms with Gasteiger partial charge in [0.25, 0.3) is 5.91 Å². The number of carboxylic acid groups (broad SMARTS) is 1. The average molecular weight is 272 g/mol. The van der Waals surface area contributed by atoms with Gasteiger partial charge in [0.05, 0.1) is 6.42 Å². The summed E-state index contributed by atoms with van der Waals surface area (Å²) in [5.41, 5.74) is 1.22. The summed E-state index contributed by atoms with van der Waals surface area (Å²) < 4.78 is 1.72. The predicted octanol–water partition coefficient (Wildman–Crippen LogP) is 2.15. The molecule has 1 heterocycles. The first kappa shape index (κ1) is 13.9. The van der Waals surface area contributed by atoms with Gasteiger partial charge in [0.1, 0.15) is 5.69 Å². The number of aromatic nitrogens is 1. The maximum Gasteiger partial charge on any atom is 0.305 e. The van der Waals surface area contributed by atoms with Crippen LogP contribution in [-0.2, 0) is 11.8 Å². The van der Waals surface area contributed by atoms with E-state index in [1.54, 1.807) is 42.1 Å². The zero-order chi connectivity index (χ0) is 14.5. The number of benzene rings is 1. The second-order valence-corrected chi connectivity index (χ2v) is 4.44. The number of carbonyl (C=O) groups is 2. The topological polar surface area (TPSA) is 62.5 Å². The summed E-state index contributed by atoms with van der Waals surface area (Å²) in [4.78, 5) is 24.8. The molecule has 0 spiro atoms. The lowest BCUT2D eigenvalue weighted by Crippen LogP contribution is -2.34. The number of hydrogen-bond donors (Lipinski definition) is 1. The maximum absolute atomic E-state index is 12.6. The number of aryl methyl sites for hydroxylation is 1. The molecule has 0 atom stereocenters. The Morgan fingerprint density at radius 1 is 1.15 bits per heavy atom. The third-order valence-corrected chi connectivity index (χ3v) is 3.03. The van der Waals surface area contributed by atoms with Gasteiger partial charge < -0.3 is 14.6 Å². The van der Waals surface area contributed by atoms with Crippen molar-refractivity contribution in [2.75, 3.05) is 11.4 Å². The van der Waals surface area contributed by atoms with E-state index in [1.807, 2.05) is 18.2 Å². The van der Waals surface area contributed by atoms with Gasteiger partial charge in [0.2, 0.25) is 0 Å². The molecule has 0 unspecified atom stereocenters. The van der Waals surface area contributed by atoms with Crippen molar-refractivity contribution < 1.29 is 14.7 Å². The van der Waals surface area contributed by atoms with Crippen molar-refractivity contribution in [2.45, 2.75) is 6.42 Å². The number of aliphatic carboxylic acids is 1. The Labute approximate surface area is 117 Å². The van der Waals surface area contributed by atoms with Crippen molar-refractivity contribution in [3.63, 3.8) is 0 Å². The molecule has 0 radical (unpaired) electrons. The van der Waals surface area contributed by atoms with Gasteiger partial charge in [0, 0.05) is 25.5 Å². The molecule has 2 rings (SSSR count). The molecular formula is C15H16N2O3. The smallest absolute Gasteiger partial charge is 0.305 e. The van der Waals surface area contributed by atoms with E-state index in [2.05, 4.69) is 0 Å². The number of nitrogens with zero attached hydrogens (tertiary/aromatic N) is 2. The second-order valence-electron chi connectivity index (χ2n) is 4.44. The highest BCUT2D eigenvalue weighted by atomic mass is 16.4. The highest BCUT2D eigenvalue weighted by Gasteiger charge is 2.20. The molecule has 0 fully saturated rings. The Morgan fingerprint density at radius 3 is 2.40 bits per heavy atom. The van der Waals surface area contributed by atoms with Crippen molar-refractivity contribution in [3.8, 4) is 0 Å². The van der Waals surface area contributed by atoms with E-state index in [9.17, 15) is 9.59 Å². The molecule has 0 aliphatic heterocycles. The highest BCUT2D eigenvalue weighted by molar-refractivity contribution is 6.05. The molecule has 1 N–H and O–H groups in total. The van der Waals surface area contributed by atoms with Crippen molar-refractivity contribution in [3.05, 3.63) is 54.4 Å². The minimum atomic E-state index is -0.925. The first-order valence-electron chi connectivity index (χ1n) is 6.29. The lowest BCUT2D eigenvalue weighted by Gasteiger charge is -2.22. The lowest BCUT2D eigenvalue weighted by molar-refractivity contribution is -0.136. The van der Waals surface area contributed by atoms with Crippen LogP contribution < -0.4 is 4.90 Å². The van der Waals surface area contributed by atoms with Crippen molar-refractivity contribution in [1.82, 2.24) is 4.57 Å². The quantitative estimate of drug-likeness (QED) is 0.907. The molecule has 5 nitrogen and oxygen atoms in total. The van der Waals surface area contributed by atoms with Crippen molar-refractivity contribution >= 4 is 17.6 Å². The normalized spacial score (nSPS) is 10.2. The molecule has 0 aliphatic carbocycles. The van der Waals surface area contributed by atoms with Crippen molar-refractivity contribution in [2.24, 2.45) is 7.05 Å². The van der Waals surface area contributed by atoms with E-state index in [0.29, 0.717) is 11.4 Å². The number of hydrogen-bond acceptors (Lipinski definition) is 2. The fourth-order valence-corrected chi connectivity index (χ4v) is 1.98. The summed E-state index contributed by atoms with van der Waals surface area (Å²) >= 11 is 0. The van der Waals surface area contributed by atoms with E-state index in [0.717, 1.165) is 0 Å². The molecule has 20 heavy (non-hydrogen) atoms. The van der Waals surface area contributed by atoms with Gasteiger partial charge in [-0.05, 0) is 24.3 Å². The minimum absolute atomic E-state index is 0.0922. The first-order chi connectivity index (χ1) is 9.59. The molecular weight excluding hydrogens is 256 g/mol. The maximum atomic E-state index is 12.6. The van der Waals surface area contributed by atoms with Gasteiger partial charge in [-0.3, -0.25) is 9.59 Å². The fraction of sp³-hybridized carbons (Fsp3) is 0.200. The average Bonchev–Trinajstić information content (AvgIpc) is 2.86. The third-order valence-electron chi connectivity index (χ3n) is 3.03. The molecule has 104 valence electrons. The highest BCUT2D eigenvalue weighted by Crippen LogP contribution is 2.17. The van der Waals surface area contributed by atoms with Crippen LogP contribution in [0.1, 0.15) is 16.9 Å². The van der Waals surface area contributed by atoms with Crippen LogP contribution in [0.2, 0.25) is 0 Å². The molecule has 1 aromatic heterocycles. The molecule has 1 amide bonds. The van der Waals surface area contributed by atoms with E-state index in [-0.39, 0.29) is 18.9 Å². The number of carbonyl (C=O) groups excluding carboxylic acids is 1. The Balaban J connectivity index is 2.29. The summed E-state index contributed by atoms with van der Waals surface area (Å²) in [7, 11) is 1.79. The van der Waals surface area contributed by atoms with Crippen LogP contribution in [-0.4, -0.2) is 28.1 Å². The van der Waals surface area contributed by atoms with E-state index < -0.39 is 5.97 Å². The number of rotatable bonds is 5. The second kappa shape index (κ2) is 6.06. The van der Waals surface area contributed by atoms with Crippen LogP contribution in [0.25, 0.3) is 0 Å². The first-order valence-corrected chi connectivity index (χ1v) is 6.29. The molecule has 0 saturated heterocycles. The summed E-state index contributed by atoms with van der Waals surface area (Å²) in [5, 5.41) is 8.83.